The van der Waals surface area contributed by atoms with Gasteiger partial charge in [0, 0.05) is 16.7 Å². The van der Waals surface area contributed by atoms with Crippen LogP contribution < -0.4 is 0 Å². The molecule has 2 aromatic rings. The number of hydrogen-bond acceptors (Lipinski definition) is 2. The van der Waals surface area contributed by atoms with E-state index in [4.69, 9.17) is 0 Å². The number of benzene rings is 2. The second kappa shape index (κ2) is 30.0. The van der Waals surface area contributed by atoms with Crippen LogP contribution in [-0.2, 0) is 24.9 Å². The first-order chi connectivity index (χ1) is 26.2. The molecule has 3 rings (SSSR count). The number of allylic oxidation sites excluding steroid dienone is 4. The first-order valence-corrected chi connectivity index (χ1v) is 23.4. The van der Waals surface area contributed by atoms with E-state index in [1.807, 2.05) is 0 Å². The molecule has 0 saturated carbocycles. The van der Waals surface area contributed by atoms with Crippen molar-refractivity contribution >= 4 is 11.4 Å². The Balaban J connectivity index is 0.00000131. The summed E-state index contributed by atoms with van der Waals surface area (Å²) in [7, 11) is 8.31. The van der Waals surface area contributed by atoms with Crippen LogP contribution in [-0.4, -0.2) is 40.0 Å². The SMILES string of the molecule is CCCCCCCCCCCCCCC=CC1=C(c2cccc(CCCCCCCC)c2)[N+](=[N-])C(c2cccc(C)c2)=C1CCCC.C[N](C)[Pd][N](C)C. The third-order valence-corrected chi connectivity index (χ3v) is 11.4. The summed E-state index contributed by atoms with van der Waals surface area (Å²) in [5, 5.41) is 0. The second-order valence-electron chi connectivity index (χ2n) is 15.7. The van der Waals surface area contributed by atoms with Gasteiger partial charge >= 0.3 is 53.7 Å². The second-order valence-corrected chi connectivity index (χ2v) is 18.8. The molecule has 1 aliphatic heterocycles. The van der Waals surface area contributed by atoms with Gasteiger partial charge in [-0.3, -0.25) is 0 Å². The molecule has 0 bridgehead atoms. The van der Waals surface area contributed by atoms with Gasteiger partial charge in [0.25, 0.3) is 0 Å². The van der Waals surface area contributed by atoms with Gasteiger partial charge in [0.2, 0.25) is 11.4 Å². The molecule has 0 amide bonds. The molecule has 0 radical (unpaired) electrons. The molecule has 1 aliphatic rings. The van der Waals surface area contributed by atoms with Crippen molar-refractivity contribution in [3.63, 3.8) is 0 Å². The Kier molecular flexibility index (Phi) is 26.7. The van der Waals surface area contributed by atoms with Crippen molar-refractivity contribution in [1.82, 2.24) is 7.07 Å². The summed E-state index contributed by atoms with van der Waals surface area (Å²) in [5.74, 6) is 0. The quantitative estimate of drug-likeness (QED) is 0.0486. The van der Waals surface area contributed by atoms with Gasteiger partial charge < -0.3 is 5.53 Å². The Bertz CT molecular complexity index is 1400. The molecule has 0 aliphatic carbocycles. The Morgan fingerprint density at radius 1 is 0.574 bits per heavy atom. The van der Waals surface area contributed by atoms with Crippen molar-refractivity contribution in [2.45, 2.75) is 175 Å². The van der Waals surface area contributed by atoms with Crippen LogP contribution in [0.2, 0.25) is 0 Å². The molecular formula is C49H80N4Pd. The number of unbranched alkanes of at least 4 members (excludes halogenated alkanes) is 18. The van der Waals surface area contributed by atoms with Crippen molar-refractivity contribution in [2.24, 2.45) is 0 Å². The molecule has 0 fully saturated rings. The summed E-state index contributed by atoms with van der Waals surface area (Å²) < 4.78 is 5.87. The standard InChI is InChI=1S/C45H68N2.2C2H6N.Pd/c1-5-8-11-13-15-16-17-18-19-20-21-22-24-26-35-43-42(34-10-7-3)44(40-32-27-29-38(4)36-40)47(46)45(43)41-33-28-31-39(37-41)30-25-23-14-12-9-6-2;2*1-3-2;/h26-29,31-33,35-37H,5-25,30,34H2,1-4H3;2*1-2H3;/q;2*-1;+2. The van der Waals surface area contributed by atoms with Crippen LogP contribution in [0.25, 0.3) is 16.9 Å². The van der Waals surface area contributed by atoms with Crippen LogP contribution in [0.5, 0.6) is 0 Å². The number of nitrogens with zero attached hydrogens (tertiary/aromatic N) is 4. The molecule has 0 N–H and O–H groups in total. The summed E-state index contributed by atoms with van der Waals surface area (Å²) in [5.41, 5.74) is 21.2. The Morgan fingerprint density at radius 3 is 1.59 bits per heavy atom. The average Bonchev–Trinajstić information content (AvgIpc) is 3.42. The molecule has 0 aromatic heterocycles. The van der Waals surface area contributed by atoms with E-state index in [1.54, 1.807) is 0 Å². The van der Waals surface area contributed by atoms with Crippen LogP contribution in [0.1, 0.15) is 184 Å². The van der Waals surface area contributed by atoms with Crippen molar-refractivity contribution in [3.8, 4) is 0 Å². The van der Waals surface area contributed by atoms with Crippen molar-refractivity contribution in [3.05, 3.63) is 99.6 Å². The number of rotatable bonds is 28. The maximum absolute atomic E-state index is 12.0. The summed E-state index contributed by atoms with van der Waals surface area (Å²) in [6.45, 7) is 8.98. The van der Waals surface area contributed by atoms with Gasteiger partial charge in [-0.25, -0.2) is 4.70 Å². The molecule has 0 atom stereocenters. The summed E-state index contributed by atoms with van der Waals surface area (Å²) >= 11 is 0.639. The van der Waals surface area contributed by atoms with E-state index in [-0.39, 0.29) is 0 Å². The minimum absolute atomic E-state index is 0.639. The van der Waals surface area contributed by atoms with Crippen LogP contribution >= 0.6 is 0 Å². The fourth-order valence-corrected chi connectivity index (χ4v) is 8.56. The van der Waals surface area contributed by atoms with E-state index in [2.05, 4.69) is 124 Å². The van der Waals surface area contributed by atoms with E-state index in [1.165, 1.54) is 143 Å². The van der Waals surface area contributed by atoms with E-state index in [9.17, 15) is 5.53 Å². The predicted octanol–water partition coefficient (Wildman–Crippen LogP) is 14.9. The van der Waals surface area contributed by atoms with Crippen molar-refractivity contribution < 1.29 is 23.2 Å². The van der Waals surface area contributed by atoms with Gasteiger partial charge in [0.05, 0.1) is 5.57 Å². The van der Waals surface area contributed by atoms with Gasteiger partial charge in [-0.15, -0.1) is 0 Å². The molecule has 306 valence electrons. The average molecular weight is 832 g/mol. The summed E-state index contributed by atoms with van der Waals surface area (Å²) in [6, 6.07) is 17.6. The van der Waals surface area contributed by atoms with E-state index < -0.39 is 0 Å². The fraction of sp³-hybridized carbons (Fsp3) is 0.633. The molecule has 0 saturated heterocycles. The summed E-state index contributed by atoms with van der Waals surface area (Å²) in [4.78, 5) is 0. The Morgan fingerprint density at radius 2 is 1.07 bits per heavy atom. The normalized spacial score (nSPS) is 13.3. The molecule has 0 spiro atoms. The first-order valence-electron chi connectivity index (χ1n) is 22.0. The molecular weight excluding hydrogens is 751 g/mol. The molecule has 0 unspecified atom stereocenters. The Labute approximate surface area is 343 Å². The monoisotopic (exact) mass is 831 g/mol. The number of aryl methyl sites for hydroxylation is 2. The topological polar surface area (TPSA) is 31.8 Å². The molecule has 2 aromatic carbocycles. The predicted molar refractivity (Wildman–Crippen MR) is 234 cm³/mol. The summed E-state index contributed by atoms with van der Waals surface area (Å²) in [6.07, 6.45) is 34.5. The third kappa shape index (κ3) is 19.6. The van der Waals surface area contributed by atoms with Crippen molar-refractivity contribution in [1.29, 1.82) is 0 Å². The first kappa shape index (κ1) is 48.0. The third-order valence-electron chi connectivity index (χ3n) is 10.1. The van der Waals surface area contributed by atoms with Crippen LogP contribution in [0, 0.1) is 6.92 Å². The van der Waals surface area contributed by atoms with Crippen LogP contribution in [0.3, 0.4) is 0 Å². The fourth-order valence-electron chi connectivity index (χ4n) is 7.32. The Hall–Kier alpha value is -2.16. The molecule has 1 heterocycles. The van der Waals surface area contributed by atoms with Gasteiger partial charge in [-0.05, 0) is 75.3 Å². The molecule has 5 heteroatoms. The van der Waals surface area contributed by atoms with Gasteiger partial charge in [0.1, 0.15) is 0 Å². The van der Waals surface area contributed by atoms with E-state index in [0.717, 1.165) is 54.6 Å². The zero-order valence-electron chi connectivity index (χ0n) is 36.1. The zero-order chi connectivity index (χ0) is 39.4. The van der Waals surface area contributed by atoms with Crippen molar-refractivity contribution in [2.75, 3.05) is 28.2 Å². The van der Waals surface area contributed by atoms with E-state index >= 15 is 0 Å². The molecule has 4 nitrogen and oxygen atoms in total. The van der Waals surface area contributed by atoms with Gasteiger partial charge in [0.15, 0.2) is 0 Å². The maximum atomic E-state index is 12.0. The van der Waals surface area contributed by atoms with Crippen LogP contribution in [0.4, 0.5) is 0 Å². The van der Waals surface area contributed by atoms with Crippen LogP contribution in [0.15, 0.2) is 71.8 Å². The van der Waals surface area contributed by atoms with Gasteiger partial charge in [-0.1, -0.05) is 172 Å². The molecule has 54 heavy (non-hydrogen) atoms. The van der Waals surface area contributed by atoms with Gasteiger partial charge in [-0.2, -0.15) is 0 Å². The van der Waals surface area contributed by atoms with E-state index in [0.29, 0.717) is 18.5 Å². The zero-order valence-corrected chi connectivity index (χ0v) is 37.7. The minimum atomic E-state index is 0.639. The number of hydrogen-bond donors (Lipinski definition) is 0.